The summed E-state index contributed by atoms with van der Waals surface area (Å²) in [5.74, 6) is 0.983. The number of fused-ring (bicyclic) bond motifs is 1. The molecule has 0 radical (unpaired) electrons. The van der Waals surface area contributed by atoms with Crippen LogP contribution in [0.1, 0.15) is 46.5 Å². The minimum Gasteiger partial charge on any atom is -0.380 e. The van der Waals surface area contributed by atoms with Crippen LogP contribution in [0.3, 0.4) is 0 Å². The van der Waals surface area contributed by atoms with Crippen molar-refractivity contribution in [2.45, 2.75) is 52.5 Å². The minimum atomic E-state index is 0.158. The van der Waals surface area contributed by atoms with Gasteiger partial charge in [0.1, 0.15) is 0 Å². The van der Waals surface area contributed by atoms with E-state index in [4.69, 9.17) is 4.74 Å². The first-order chi connectivity index (χ1) is 8.53. The Morgan fingerprint density at radius 1 is 1.39 bits per heavy atom. The Hall–Kier alpha value is -0.570. The van der Waals surface area contributed by atoms with Crippen LogP contribution < -0.4 is 0 Å². The van der Waals surface area contributed by atoms with Gasteiger partial charge in [-0.3, -0.25) is 4.79 Å². The van der Waals surface area contributed by atoms with Gasteiger partial charge < -0.3 is 9.64 Å². The molecule has 1 amide bonds. The van der Waals surface area contributed by atoms with E-state index in [9.17, 15) is 4.79 Å². The molecule has 2 aliphatic carbocycles. The Morgan fingerprint density at radius 3 is 2.61 bits per heavy atom. The summed E-state index contributed by atoms with van der Waals surface area (Å²) >= 11 is 0. The molecular formula is C15H25NO2. The third kappa shape index (κ3) is 1.63. The van der Waals surface area contributed by atoms with Crippen molar-refractivity contribution < 1.29 is 9.53 Å². The van der Waals surface area contributed by atoms with Crippen LogP contribution in [0.25, 0.3) is 0 Å². The lowest BCUT2D eigenvalue weighted by Gasteiger charge is -2.25. The van der Waals surface area contributed by atoms with Crippen molar-refractivity contribution in [3.63, 3.8) is 0 Å². The van der Waals surface area contributed by atoms with Gasteiger partial charge in [-0.15, -0.1) is 0 Å². The summed E-state index contributed by atoms with van der Waals surface area (Å²) in [5, 5.41) is 0. The molecule has 0 aromatic rings. The molecular weight excluding hydrogens is 226 g/mol. The Bertz CT molecular complexity index is 362. The fourth-order valence-electron chi connectivity index (χ4n) is 3.99. The van der Waals surface area contributed by atoms with Crippen LogP contribution in [0, 0.1) is 16.7 Å². The number of ether oxygens (including phenoxy) is 1. The molecule has 2 unspecified atom stereocenters. The topological polar surface area (TPSA) is 29.5 Å². The zero-order chi connectivity index (χ0) is 13.0. The number of amides is 1. The lowest BCUT2D eigenvalue weighted by atomic mass is 9.92. The zero-order valence-corrected chi connectivity index (χ0v) is 11.9. The SMILES string of the molecule is CCCN(C(=O)CC12COCC1C2(C)C)C1CC1. The van der Waals surface area contributed by atoms with Crippen LogP contribution in [-0.2, 0) is 9.53 Å². The van der Waals surface area contributed by atoms with E-state index in [0.717, 1.165) is 26.2 Å². The Morgan fingerprint density at radius 2 is 2.11 bits per heavy atom. The Labute approximate surface area is 110 Å². The molecule has 3 aliphatic rings. The molecule has 0 aromatic heterocycles. The average molecular weight is 251 g/mol. The molecule has 2 atom stereocenters. The highest BCUT2D eigenvalue weighted by Crippen LogP contribution is 2.73. The van der Waals surface area contributed by atoms with Gasteiger partial charge >= 0.3 is 0 Å². The average Bonchev–Trinajstić information content (AvgIpc) is 3.15. The Balaban J connectivity index is 1.67. The number of hydrogen-bond donors (Lipinski definition) is 0. The lowest BCUT2D eigenvalue weighted by molar-refractivity contribution is -0.133. The van der Waals surface area contributed by atoms with Crippen LogP contribution >= 0.6 is 0 Å². The number of carbonyl (C=O) groups excluding carboxylic acids is 1. The van der Waals surface area contributed by atoms with E-state index in [2.05, 4.69) is 25.7 Å². The number of rotatable bonds is 5. The molecule has 2 saturated carbocycles. The van der Waals surface area contributed by atoms with Gasteiger partial charge in [-0.05, 0) is 30.6 Å². The standard InChI is InChI=1S/C15H25NO2/c1-4-7-16(11-5-6-11)13(17)8-15-10-18-9-12(15)14(15,2)3/h11-12H,4-10H2,1-3H3. The van der Waals surface area contributed by atoms with Crippen LogP contribution in [0.15, 0.2) is 0 Å². The fraction of sp³-hybridized carbons (Fsp3) is 0.933. The summed E-state index contributed by atoms with van der Waals surface area (Å²) in [6, 6.07) is 0.552. The first kappa shape index (κ1) is 12.5. The summed E-state index contributed by atoms with van der Waals surface area (Å²) in [5.41, 5.74) is 0.466. The zero-order valence-electron chi connectivity index (χ0n) is 11.9. The second-order valence-corrected chi connectivity index (χ2v) is 6.94. The third-order valence-corrected chi connectivity index (χ3v) is 5.62. The molecule has 3 nitrogen and oxygen atoms in total. The summed E-state index contributed by atoms with van der Waals surface area (Å²) in [6.45, 7) is 9.34. The normalized spacial score (nSPS) is 36.3. The number of nitrogens with zero attached hydrogens (tertiary/aromatic N) is 1. The van der Waals surface area contributed by atoms with Crippen LogP contribution in [-0.4, -0.2) is 36.6 Å². The minimum absolute atomic E-state index is 0.158. The molecule has 1 heterocycles. The molecule has 3 fully saturated rings. The predicted octanol–water partition coefficient (Wildman–Crippen LogP) is 2.45. The van der Waals surface area contributed by atoms with E-state index in [1.165, 1.54) is 12.8 Å². The highest BCUT2D eigenvalue weighted by molar-refractivity contribution is 5.78. The van der Waals surface area contributed by atoms with Crippen molar-refractivity contribution in [2.24, 2.45) is 16.7 Å². The largest absolute Gasteiger partial charge is 0.380 e. The van der Waals surface area contributed by atoms with Crippen molar-refractivity contribution in [1.82, 2.24) is 4.90 Å². The monoisotopic (exact) mass is 251 g/mol. The van der Waals surface area contributed by atoms with Crippen molar-refractivity contribution in [1.29, 1.82) is 0 Å². The van der Waals surface area contributed by atoms with Crippen molar-refractivity contribution in [3.05, 3.63) is 0 Å². The van der Waals surface area contributed by atoms with E-state index in [1.807, 2.05) is 0 Å². The molecule has 18 heavy (non-hydrogen) atoms. The molecule has 0 bridgehead atoms. The van der Waals surface area contributed by atoms with Crippen LogP contribution in [0.4, 0.5) is 0 Å². The van der Waals surface area contributed by atoms with Crippen molar-refractivity contribution in [3.8, 4) is 0 Å². The first-order valence-electron chi connectivity index (χ1n) is 7.40. The maximum Gasteiger partial charge on any atom is 0.223 e. The molecule has 0 N–H and O–H groups in total. The third-order valence-electron chi connectivity index (χ3n) is 5.62. The molecule has 1 aliphatic heterocycles. The van der Waals surface area contributed by atoms with Gasteiger partial charge in [-0.25, -0.2) is 0 Å². The van der Waals surface area contributed by atoms with Gasteiger partial charge in [0.25, 0.3) is 0 Å². The van der Waals surface area contributed by atoms with Crippen LogP contribution in [0.2, 0.25) is 0 Å². The number of hydrogen-bond acceptors (Lipinski definition) is 2. The van der Waals surface area contributed by atoms with Gasteiger partial charge in [0, 0.05) is 24.4 Å². The predicted molar refractivity (Wildman–Crippen MR) is 70.2 cm³/mol. The maximum absolute atomic E-state index is 12.6. The van der Waals surface area contributed by atoms with E-state index in [0.29, 0.717) is 29.7 Å². The van der Waals surface area contributed by atoms with Crippen LogP contribution in [0.5, 0.6) is 0 Å². The second kappa shape index (κ2) is 3.96. The van der Waals surface area contributed by atoms with E-state index in [1.54, 1.807) is 0 Å². The molecule has 0 aromatic carbocycles. The van der Waals surface area contributed by atoms with Gasteiger partial charge in [0.2, 0.25) is 5.91 Å². The summed E-state index contributed by atoms with van der Waals surface area (Å²) in [6.07, 6.45) is 4.20. The smallest absolute Gasteiger partial charge is 0.223 e. The van der Waals surface area contributed by atoms with Gasteiger partial charge in [0.15, 0.2) is 0 Å². The molecule has 102 valence electrons. The summed E-state index contributed by atoms with van der Waals surface area (Å²) < 4.78 is 5.59. The number of carbonyl (C=O) groups is 1. The second-order valence-electron chi connectivity index (χ2n) is 6.94. The quantitative estimate of drug-likeness (QED) is 0.751. The molecule has 1 saturated heterocycles. The highest BCUT2D eigenvalue weighted by atomic mass is 16.5. The van der Waals surface area contributed by atoms with Gasteiger partial charge in [-0.1, -0.05) is 20.8 Å². The first-order valence-corrected chi connectivity index (χ1v) is 7.40. The van der Waals surface area contributed by atoms with E-state index >= 15 is 0 Å². The Kier molecular flexibility index (Phi) is 2.74. The molecule has 3 heteroatoms. The molecule has 0 spiro atoms. The van der Waals surface area contributed by atoms with Crippen molar-refractivity contribution >= 4 is 5.91 Å². The van der Waals surface area contributed by atoms with E-state index < -0.39 is 0 Å². The van der Waals surface area contributed by atoms with Gasteiger partial charge in [0.05, 0.1) is 13.2 Å². The lowest BCUT2D eigenvalue weighted by Crippen LogP contribution is -2.36. The summed E-state index contributed by atoms with van der Waals surface area (Å²) in [7, 11) is 0. The maximum atomic E-state index is 12.6. The van der Waals surface area contributed by atoms with Gasteiger partial charge in [-0.2, -0.15) is 0 Å². The fourth-order valence-corrected chi connectivity index (χ4v) is 3.99. The van der Waals surface area contributed by atoms with E-state index in [-0.39, 0.29) is 5.41 Å². The summed E-state index contributed by atoms with van der Waals surface area (Å²) in [4.78, 5) is 14.7. The highest BCUT2D eigenvalue weighted by Gasteiger charge is 2.74. The van der Waals surface area contributed by atoms with Crippen molar-refractivity contribution in [2.75, 3.05) is 19.8 Å². The molecule has 3 rings (SSSR count).